The van der Waals surface area contributed by atoms with Gasteiger partial charge in [-0.15, -0.1) is 0 Å². The van der Waals surface area contributed by atoms with Crippen molar-refractivity contribution in [2.75, 3.05) is 39.6 Å². The quantitative estimate of drug-likeness (QED) is 0.426. The van der Waals surface area contributed by atoms with E-state index in [1.54, 1.807) is 38.4 Å². The maximum absolute atomic E-state index is 12.5. The second-order valence-corrected chi connectivity index (χ2v) is 9.91. The highest BCUT2D eigenvalue weighted by atomic mass is 35.5. The molecule has 36 heavy (non-hydrogen) atoms. The van der Waals surface area contributed by atoms with Gasteiger partial charge in [0.05, 0.1) is 29.7 Å². The molecule has 9 heteroatoms. The average Bonchev–Trinajstić information content (AvgIpc) is 2.82. The summed E-state index contributed by atoms with van der Waals surface area (Å²) in [5.41, 5.74) is 1.94. The van der Waals surface area contributed by atoms with E-state index >= 15 is 0 Å². The highest BCUT2D eigenvalue weighted by molar-refractivity contribution is 6.31. The summed E-state index contributed by atoms with van der Waals surface area (Å²) < 4.78 is 5.51. The van der Waals surface area contributed by atoms with Gasteiger partial charge in [-0.3, -0.25) is 4.79 Å². The summed E-state index contributed by atoms with van der Waals surface area (Å²) in [6.45, 7) is 2.98. The second kappa shape index (κ2) is 14.1. The van der Waals surface area contributed by atoms with Crippen LogP contribution >= 0.6 is 11.6 Å². The van der Waals surface area contributed by atoms with Crippen molar-refractivity contribution < 1.29 is 14.3 Å². The van der Waals surface area contributed by atoms with Crippen molar-refractivity contribution in [2.45, 2.75) is 52.9 Å². The molecule has 1 aliphatic carbocycles. The first kappa shape index (κ1) is 29.5. The molecule has 8 nitrogen and oxygen atoms in total. The van der Waals surface area contributed by atoms with Crippen molar-refractivity contribution in [3.63, 3.8) is 0 Å². The molecule has 3 rings (SSSR count). The van der Waals surface area contributed by atoms with E-state index in [0.29, 0.717) is 52.8 Å². The molecule has 1 heterocycles. The lowest BCUT2D eigenvalue weighted by atomic mass is 9.75. The Morgan fingerprint density at radius 1 is 1.19 bits per heavy atom. The fraction of sp³-hybridized carbons (Fsp3) is 0.556. The highest BCUT2D eigenvalue weighted by Crippen LogP contribution is 2.36. The van der Waals surface area contributed by atoms with E-state index in [1.807, 2.05) is 19.0 Å². The van der Waals surface area contributed by atoms with E-state index in [2.05, 4.69) is 20.6 Å². The number of carbonyl (C=O) groups excluding carboxylic acids is 2. The third-order valence-corrected chi connectivity index (χ3v) is 6.76. The standard InChI is InChI=1S/C26H36ClN5O3.CH4/c1-17(33)13-18-7-5-6-8-19(18)14-23-21(27)16-29-26(31-23)30-22-10-9-20(15-24(22)35-4)25(34)28-11-12-32(2)3;/h9-10,15-16,18-19H,5-8,11-14H2,1-4H3,(H,28,34)(H,29,30,31);1H4/t18-,19-;/m0./s1. The first-order valence-electron chi connectivity index (χ1n) is 12.2. The number of halogens is 1. The number of aromatic nitrogens is 2. The molecular weight excluding hydrogens is 478 g/mol. The van der Waals surface area contributed by atoms with Gasteiger partial charge in [-0.25, -0.2) is 9.97 Å². The summed E-state index contributed by atoms with van der Waals surface area (Å²) in [6, 6.07) is 5.21. The molecule has 0 spiro atoms. The van der Waals surface area contributed by atoms with E-state index in [1.165, 1.54) is 12.8 Å². The molecule has 1 saturated carbocycles. The van der Waals surface area contributed by atoms with Crippen molar-refractivity contribution in [1.29, 1.82) is 0 Å². The van der Waals surface area contributed by atoms with Gasteiger partial charge in [-0.05, 0) is 70.3 Å². The maximum Gasteiger partial charge on any atom is 0.251 e. The fourth-order valence-corrected chi connectivity index (χ4v) is 4.76. The second-order valence-electron chi connectivity index (χ2n) is 9.50. The molecular formula is C27H40ClN5O3. The van der Waals surface area contributed by atoms with Gasteiger partial charge in [0.2, 0.25) is 5.95 Å². The Morgan fingerprint density at radius 3 is 2.58 bits per heavy atom. The molecule has 0 saturated heterocycles. The molecule has 2 N–H and O–H groups in total. The third-order valence-electron chi connectivity index (χ3n) is 6.44. The van der Waals surface area contributed by atoms with E-state index in [0.717, 1.165) is 31.5 Å². The van der Waals surface area contributed by atoms with Crippen LogP contribution in [0.1, 0.15) is 62.5 Å². The molecule has 1 fully saturated rings. The number of carbonyl (C=O) groups is 2. The van der Waals surface area contributed by atoms with Gasteiger partial charge < -0.3 is 25.1 Å². The summed E-state index contributed by atoms with van der Waals surface area (Å²) >= 11 is 6.46. The molecule has 0 aliphatic heterocycles. The number of hydrogen-bond acceptors (Lipinski definition) is 7. The summed E-state index contributed by atoms with van der Waals surface area (Å²) in [6.07, 6.45) is 7.43. The number of nitrogens with one attached hydrogen (secondary N) is 2. The lowest BCUT2D eigenvalue weighted by Gasteiger charge is -2.31. The Balaban J connectivity index is 0.00000456. The van der Waals surface area contributed by atoms with Crippen LogP contribution in [0, 0.1) is 11.8 Å². The summed E-state index contributed by atoms with van der Waals surface area (Å²) in [4.78, 5) is 35.2. The molecule has 1 amide bonds. The predicted octanol–water partition coefficient (Wildman–Crippen LogP) is 5.14. The normalized spacial score (nSPS) is 17.3. The van der Waals surface area contributed by atoms with Crippen LogP contribution in [0.4, 0.5) is 11.6 Å². The zero-order valence-electron chi connectivity index (χ0n) is 21.1. The van der Waals surface area contributed by atoms with Crippen molar-refractivity contribution >= 4 is 34.9 Å². The minimum absolute atomic E-state index is 0. The Morgan fingerprint density at radius 2 is 1.92 bits per heavy atom. The summed E-state index contributed by atoms with van der Waals surface area (Å²) in [7, 11) is 5.47. The van der Waals surface area contributed by atoms with Crippen molar-refractivity contribution in [1.82, 2.24) is 20.2 Å². The molecule has 0 unspecified atom stereocenters. The van der Waals surface area contributed by atoms with Crippen LogP contribution in [0.25, 0.3) is 0 Å². The minimum Gasteiger partial charge on any atom is -0.495 e. The van der Waals surface area contributed by atoms with Crippen LogP contribution in [0.15, 0.2) is 24.4 Å². The van der Waals surface area contributed by atoms with E-state index < -0.39 is 0 Å². The predicted molar refractivity (Wildman–Crippen MR) is 145 cm³/mol. The molecule has 0 bridgehead atoms. The lowest BCUT2D eigenvalue weighted by molar-refractivity contribution is -0.118. The zero-order chi connectivity index (χ0) is 25.4. The Labute approximate surface area is 220 Å². The van der Waals surface area contributed by atoms with Crippen LogP contribution in [0.5, 0.6) is 5.75 Å². The number of rotatable bonds is 11. The molecule has 0 radical (unpaired) electrons. The van der Waals surface area contributed by atoms with Crippen LogP contribution in [-0.4, -0.2) is 60.9 Å². The Kier molecular flexibility index (Phi) is 11.6. The molecule has 1 aliphatic rings. The number of hydrogen-bond donors (Lipinski definition) is 2. The molecule has 2 atom stereocenters. The summed E-state index contributed by atoms with van der Waals surface area (Å²) in [5.74, 6) is 1.76. The van der Waals surface area contributed by atoms with E-state index in [4.69, 9.17) is 16.3 Å². The maximum atomic E-state index is 12.5. The monoisotopic (exact) mass is 517 g/mol. The van der Waals surface area contributed by atoms with Gasteiger partial charge >= 0.3 is 0 Å². The third kappa shape index (κ3) is 8.45. The number of ketones is 1. The Bertz CT molecular complexity index is 1030. The van der Waals surface area contributed by atoms with E-state index in [-0.39, 0.29) is 19.1 Å². The van der Waals surface area contributed by atoms with Gasteiger partial charge in [-0.2, -0.15) is 0 Å². The largest absolute Gasteiger partial charge is 0.495 e. The molecule has 1 aromatic heterocycles. The number of benzene rings is 1. The number of amides is 1. The molecule has 2 aromatic rings. The number of likely N-dealkylation sites (N-methyl/N-ethyl adjacent to an activating group) is 1. The first-order chi connectivity index (χ1) is 16.8. The average molecular weight is 518 g/mol. The van der Waals surface area contributed by atoms with Crippen molar-refractivity contribution in [3.05, 3.63) is 40.7 Å². The highest BCUT2D eigenvalue weighted by Gasteiger charge is 2.27. The Hall–Kier alpha value is -2.71. The molecule has 1 aromatic carbocycles. The summed E-state index contributed by atoms with van der Waals surface area (Å²) in [5, 5.41) is 6.63. The lowest BCUT2D eigenvalue weighted by Crippen LogP contribution is -2.31. The number of anilines is 2. The number of ether oxygens (including phenoxy) is 1. The van der Waals surface area contributed by atoms with Crippen molar-refractivity contribution in [3.8, 4) is 5.75 Å². The van der Waals surface area contributed by atoms with Crippen LogP contribution in [-0.2, 0) is 11.2 Å². The number of methoxy groups -OCH3 is 1. The molecule has 198 valence electrons. The number of nitrogens with zero attached hydrogens (tertiary/aromatic N) is 3. The topological polar surface area (TPSA) is 96.5 Å². The SMILES string of the molecule is C.COc1cc(C(=O)NCCN(C)C)ccc1Nc1ncc(Cl)c(C[C@@H]2CCCC[C@H]2CC(C)=O)n1. The van der Waals surface area contributed by atoms with Crippen molar-refractivity contribution in [2.24, 2.45) is 11.8 Å². The van der Waals surface area contributed by atoms with Gasteiger partial charge in [0.25, 0.3) is 5.91 Å². The minimum atomic E-state index is -0.158. The smallest absolute Gasteiger partial charge is 0.251 e. The van der Waals surface area contributed by atoms with Crippen LogP contribution in [0.2, 0.25) is 5.02 Å². The van der Waals surface area contributed by atoms with Crippen LogP contribution < -0.4 is 15.4 Å². The zero-order valence-corrected chi connectivity index (χ0v) is 21.8. The van der Waals surface area contributed by atoms with Gasteiger partial charge in [0, 0.05) is 25.1 Å². The van der Waals surface area contributed by atoms with Gasteiger partial charge in [-0.1, -0.05) is 31.9 Å². The first-order valence-corrected chi connectivity index (χ1v) is 12.5. The fourth-order valence-electron chi connectivity index (χ4n) is 4.60. The number of Topliss-reactive ketones (excluding diaryl/α,β-unsaturated/α-hetero) is 1. The van der Waals surface area contributed by atoms with Gasteiger partial charge in [0.15, 0.2) is 0 Å². The van der Waals surface area contributed by atoms with Gasteiger partial charge in [0.1, 0.15) is 11.5 Å². The van der Waals surface area contributed by atoms with E-state index in [9.17, 15) is 9.59 Å². The van der Waals surface area contributed by atoms with Crippen LogP contribution in [0.3, 0.4) is 0 Å².